The van der Waals surface area contributed by atoms with Crippen molar-refractivity contribution < 1.29 is 33.8 Å². The normalized spacial score (nSPS) is 26.2. The molecule has 1 aromatic heterocycles. The Kier molecular flexibility index (Phi) is 11.8. The molecule has 13 nitrogen and oxygen atoms in total. The number of hydrogen-bond acceptors (Lipinski definition) is 9. The summed E-state index contributed by atoms with van der Waals surface area (Å²) in [6.45, 7) is 11.1. The van der Waals surface area contributed by atoms with E-state index in [4.69, 9.17) is 9.47 Å². The Bertz CT molecular complexity index is 1840. The molecule has 3 aliphatic heterocycles. The number of carbonyl (C=O) groups excluding carboxylic acids is 4. The monoisotopic (exact) mass is 790 g/mol. The zero-order chi connectivity index (χ0) is 37.9. The number of allylic oxidation sites excluding steroid dienone is 1. The fourth-order valence-electron chi connectivity index (χ4n) is 8.19. The maximum atomic E-state index is 15.1. The van der Waals surface area contributed by atoms with E-state index in [1.54, 1.807) is 21.7 Å². The molecule has 3 aliphatic rings. The number of fused-ring (bicyclic) bond motifs is 2. The van der Waals surface area contributed by atoms with E-state index in [0.29, 0.717) is 24.8 Å². The zero-order valence-electron chi connectivity index (χ0n) is 30.1. The van der Waals surface area contributed by atoms with Crippen molar-refractivity contribution in [3.05, 3.63) is 85.5 Å². The first-order chi connectivity index (χ1) is 25.6. The molecule has 0 radical (unpaired) electrons. The van der Waals surface area contributed by atoms with Gasteiger partial charge in [-0.1, -0.05) is 96.0 Å². The molecule has 3 aromatic rings. The Morgan fingerprint density at radius 1 is 1.17 bits per heavy atom. The first-order valence-electron chi connectivity index (χ1n) is 18.1. The maximum absolute atomic E-state index is 15.1. The third kappa shape index (κ3) is 7.16. The second-order valence-corrected chi connectivity index (χ2v) is 15.3. The Balaban J connectivity index is 1.36. The minimum atomic E-state index is -1.38. The first kappa shape index (κ1) is 38.3. The first-order valence-corrected chi connectivity index (χ1v) is 19.1. The van der Waals surface area contributed by atoms with Crippen LogP contribution in [0.2, 0.25) is 0 Å². The number of esters is 1. The highest BCUT2D eigenvalue weighted by Crippen LogP contribution is 2.61. The lowest BCUT2D eigenvalue weighted by molar-refractivity contribution is -0.153. The average Bonchev–Trinajstić information content (AvgIpc) is 3.89. The molecule has 53 heavy (non-hydrogen) atoms. The number of para-hydroxylation sites is 1. The van der Waals surface area contributed by atoms with Crippen LogP contribution in [0.1, 0.15) is 51.1 Å². The van der Waals surface area contributed by atoms with Crippen molar-refractivity contribution in [3.8, 4) is 0 Å². The summed E-state index contributed by atoms with van der Waals surface area (Å²) in [5, 5.41) is 22.4. The third-order valence-electron chi connectivity index (χ3n) is 11.0. The highest BCUT2D eigenvalue weighted by atomic mass is 79.9. The van der Waals surface area contributed by atoms with Crippen LogP contribution in [0.15, 0.2) is 79.9 Å². The van der Waals surface area contributed by atoms with E-state index in [1.807, 2.05) is 68.4 Å². The molecule has 1 spiro atoms. The molecule has 2 N–H and O–H groups in total. The Morgan fingerprint density at radius 2 is 1.91 bits per heavy atom. The smallest absolute Gasteiger partial charge is 0.306 e. The molecule has 282 valence electrons. The second-order valence-electron chi connectivity index (χ2n) is 14.1. The number of rotatable bonds is 17. The summed E-state index contributed by atoms with van der Waals surface area (Å²) in [5.41, 5.74) is 0.740. The van der Waals surface area contributed by atoms with Gasteiger partial charge in [0.05, 0.1) is 42.1 Å². The number of nitrogens with one attached hydrogen (secondary N) is 1. The van der Waals surface area contributed by atoms with Gasteiger partial charge in [0.1, 0.15) is 30.4 Å². The van der Waals surface area contributed by atoms with E-state index in [1.165, 1.54) is 4.90 Å². The number of aliphatic hydroxyl groups excluding tert-OH is 1. The van der Waals surface area contributed by atoms with E-state index >= 15 is 4.79 Å². The highest BCUT2D eigenvalue weighted by molar-refractivity contribution is 9.09. The maximum Gasteiger partial charge on any atom is 0.306 e. The molecular weight excluding hydrogens is 744 g/mol. The van der Waals surface area contributed by atoms with Crippen molar-refractivity contribution >= 4 is 50.7 Å². The molecule has 2 aromatic carbocycles. The lowest BCUT2D eigenvalue weighted by Gasteiger charge is -2.40. The minimum Gasteiger partial charge on any atom is -0.463 e. The molecule has 4 heterocycles. The second kappa shape index (κ2) is 16.3. The van der Waals surface area contributed by atoms with Gasteiger partial charge in [0, 0.05) is 17.8 Å². The highest BCUT2D eigenvalue weighted by Gasteiger charge is 2.77. The van der Waals surface area contributed by atoms with Crippen LogP contribution in [0.5, 0.6) is 0 Å². The topological polar surface area (TPSA) is 156 Å². The number of alkyl halides is 1. The predicted octanol–water partition coefficient (Wildman–Crippen LogP) is 3.93. The molecule has 1 unspecified atom stereocenters. The van der Waals surface area contributed by atoms with Crippen molar-refractivity contribution in [2.75, 3.05) is 19.8 Å². The van der Waals surface area contributed by atoms with E-state index in [2.05, 4.69) is 44.7 Å². The average molecular weight is 792 g/mol. The van der Waals surface area contributed by atoms with Gasteiger partial charge in [-0.3, -0.25) is 19.2 Å². The van der Waals surface area contributed by atoms with Gasteiger partial charge in [0.2, 0.25) is 17.7 Å². The SMILES string of the molecule is C=CCCC(=O)OC[C@H](NC(=O)[C@H]1[C@@H]2O[C@@]3(CC2Br)[C@@H]1C(=O)N([C@@H](CO)[C@@H](C)CC)[C@@H]3C(=O)N(CC=C)Cn1nnc2ccccc21)c1ccccc1. The lowest BCUT2D eigenvalue weighted by Crippen LogP contribution is -2.60. The van der Waals surface area contributed by atoms with Crippen LogP contribution in [0.3, 0.4) is 0 Å². The summed E-state index contributed by atoms with van der Waals surface area (Å²) in [7, 11) is 0. The largest absolute Gasteiger partial charge is 0.463 e. The van der Waals surface area contributed by atoms with Gasteiger partial charge in [0.25, 0.3) is 0 Å². The number of hydrogen-bond donors (Lipinski definition) is 2. The van der Waals surface area contributed by atoms with Gasteiger partial charge in [-0.05, 0) is 36.5 Å². The number of benzene rings is 2. The molecule has 3 fully saturated rings. The van der Waals surface area contributed by atoms with Crippen LogP contribution in [0, 0.1) is 17.8 Å². The zero-order valence-corrected chi connectivity index (χ0v) is 31.6. The molecule has 9 atom stereocenters. The molecule has 3 amide bonds. The standard InChI is InChI=1S/C39H47BrN6O7/c1-5-8-18-31(48)52-22-28(25-14-10-9-11-15-25)41-36(49)32-33-37(50)46(30(21-47)24(4)7-3)35(39(33)20-26(40)34(32)53-39)38(51)44(19-6-2)23-45-29-17-13-12-16-27(29)42-43-45/h5-6,9-17,24,26,28,30,32-35,47H,1-2,7-8,18-23H2,3-4H3,(H,41,49)/t24-,26?,28-,30-,32+,33-,34+,35+,39-/m0/s1. The summed E-state index contributed by atoms with van der Waals surface area (Å²) in [6.07, 6.45) is 4.06. The van der Waals surface area contributed by atoms with Crippen LogP contribution in [-0.4, -0.2) is 102 Å². The van der Waals surface area contributed by atoms with Crippen LogP contribution < -0.4 is 5.32 Å². The van der Waals surface area contributed by atoms with E-state index in [-0.39, 0.29) is 43.6 Å². The fraction of sp³-hybridized carbons (Fsp3) is 0.487. The number of carbonyl (C=O) groups is 4. The number of amides is 3. The Labute approximate surface area is 317 Å². The van der Waals surface area contributed by atoms with Gasteiger partial charge in [-0.15, -0.1) is 18.3 Å². The molecule has 2 bridgehead atoms. The number of aromatic nitrogens is 3. The molecule has 0 saturated carbocycles. The van der Waals surface area contributed by atoms with Crippen LogP contribution in [-0.2, 0) is 35.3 Å². The van der Waals surface area contributed by atoms with E-state index in [9.17, 15) is 19.5 Å². The number of likely N-dealkylation sites (tertiary alicyclic amines) is 1. The molecule has 0 aliphatic carbocycles. The lowest BCUT2D eigenvalue weighted by atomic mass is 9.70. The van der Waals surface area contributed by atoms with Crippen LogP contribution in [0.4, 0.5) is 0 Å². The van der Waals surface area contributed by atoms with Gasteiger partial charge in [-0.25, -0.2) is 4.68 Å². The van der Waals surface area contributed by atoms with Crippen molar-refractivity contribution in [2.24, 2.45) is 17.8 Å². The van der Waals surface area contributed by atoms with E-state index in [0.717, 1.165) is 11.1 Å². The van der Waals surface area contributed by atoms with Gasteiger partial charge in [0.15, 0.2) is 0 Å². The number of nitrogens with zero attached hydrogens (tertiary/aromatic N) is 5. The Morgan fingerprint density at radius 3 is 2.60 bits per heavy atom. The Hall–Kier alpha value is -4.40. The fourth-order valence-corrected chi connectivity index (χ4v) is 9.13. The summed E-state index contributed by atoms with van der Waals surface area (Å²) in [4.78, 5) is 59.7. The van der Waals surface area contributed by atoms with Gasteiger partial charge >= 0.3 is 5.97 Å². The third-order valence-corrected chi connectivity index (χ3v) is 11.8. The van der Waals surface area contributed by atoms with Crippen LogP contribution >= 0.6 is 15.9 Å². The number of aliphatic hydroxyl groups is 1. The molecular formula is C39H47BrN6O7. The van der Waals surface area contributed by atoms with Gasteiger partial charge in [-0.2, -0.15) is 0 Å². The van der Waals surface area contributed by atoms with E-state index < -0.39 is 65.4 Å². The minimum absolute atomic E-state index is 0.0210. The number of halogens is 1. The summed E-state index contributed by atoms with van der Waals surface area (Å²) in [5.74, 6) is -3.87. The van der Waals surface area contributed by atoms with Crippen molar-refractivity contribution in [3.63, 3.8) is 0 Å². The summed E-state index contributed by atoms with van der Waals surface area (Å²) in [6, 6.07) is 14.0. The molecule has 6 rings (SSSR count). The quantitative estimate of drug-likeness (QED) is 0.118. The predicted molar refractivity (Wildman–Crippen MR) is 200 cm³/mol. The molecule has 14 heteroatoms. The summed E-state index contributed by atoms with van der Waals surface area (Å²) < 4.78 is 14.0. The van der Waals surface area contributed by atoms with Crippen molar-refractivity contribution in [2.45, 2.75) is 80.9 Å². The van der Waals surface area contributed by atoms with Crippen LogP contribution in [0.25, 0.3) is 11.0 Å². The van der Waals surface area contributed by atoms with Crippen molar-refractivity contribution in [1.82, 2.24) is 30.1 Å². The number of ether oxygens (including phenoxy) is 2. The summed E-state index contributed by atoms with van der Waals surface area (Å²) >= 11 is 3.75. The van der Waals surface area contributed by atoms with Crippen molar-refractivity contribution in [1.29, 1.82) is 0 Å². The van der Waals surface area contributed by atoms with Gasteiger partial charge < -0.3 is 29.7 Å². The molecule has 3 saturated heterocycles.